The number of amides is 3. The molecule has 43 heavy (non-hydrogen) atoms. The van der Waals surface area contributed by atoms with E-state index in [1.54, 1.807) is 43.5 Å². The molecular formula is C32H36ClN5O5. The molecule has 1 atom stereocenters. The number of pyridine rings is 1. The van der Waals surface area contributed by atoms with Crippen LogP contribution in [0.25, 0.3) is 0 Å². The zero-order chi connectivity index (χ0) is 30.3. The van der Waals surface area contributed by atoms with Crippen LogP contribution in [0.3, 0.4) is 0 Å². The van der Waals surface area contributed by atoms with Gasteiger partial charge in [-0.15, -0.1) is 0 Å². The number of benzene rings is 2. The lowest BCUT2D eigenvalue weighted by molar-refractivity contribution is -0.135. The molecular weight excluding hydrogens is 570 g/mol. The van der Waals surface area contributed by atoms with Gasteiger partial charge in [0.2, 0.25) is 5.91 Å². The topological polar surface area (TPSA) is 124 Å². The normalized spacial score (nSPS) is 18.0. The summed E-state index contributed by atoms with van der Waals surface area (Å²) in [6.45, 7) is 4.30. The van der Waals surface area contributed by atoms with Crippen LogP contribution in [0.1, 0.15) is 57.9 Å². The average molecular weight is 606 g/mol. The maximum atomic E-state index is 13.4. The summed E-state index contributed by atoms with van der Waals surface area (Å²) in [5.74, 6) is -1.17. The Balaban J connectivity index is 1.21. The van der Waals surface area contributed by atoms with Gasteiger partial charge in [0.05, 0.1) is 28.3 Å². The Hall–Kier alpha value is -3.99. The summed E-state index contributed by atoms with van der Waals surface area (Å²) in [6, 6.07) is 14.5. The fraction of sp³-hybridized carbons (Fsp3) is 0.375. The van der Waals surface area contributed by atoms with E-state index in [1.807, 2.05) is 4.90 Å². The molecule has 0 spiro atoms. The van der Waals surface area contributed by atoms with Gasteiger partial charge in [-0.2, -0.15) is 0 Å². The number of nitrogens with one attached hydrogen (secondary N) is 2. The standard InChI is InChI=1S/C32H36ClN5O5/c1-43-24-13-16-37(17-14-24)18-19-38-15-3-5-25(32(38)42)21-7-9-22(10-8-21)30(40)36-29-26(4-2-6-27(29)39)31(41)35-28-12-11-23(33)20-34-28/h2,4,6-12,20,24-25,39H,3,5,13-19H2,1H3,(H,36,40)(H,34,35,41). The monoisotopic (exact) mass is 605 g/mol. The molecule has 10 nitrogen and oxygen atoms in total. The first-order valence-electron chi connectivity index (χ1n) is 14.5. The van der Waals surface area contributed by atoms with Crippen LogP contribution < -0.4 is 10.6 Å². The van der Waals surface area contributed by atoms with Crippen molar-refractivity contribution in [3.8, 4) is 5.75 Å². The molecule has 1 aromatic heterocycles. The summed E-state index contributed by atoms with van der Waals surface area (Å²) >= 11 is 5.86. The van der Waals surface area contributed by atoms with Crippen LogP contribution in [0.15, 0.2) is 60.8 Å². The van der Waals surface area contributed by atoms with Gasteiger partial charge in [0.1, 0.15) is 11.6 Å². The number of hydrogen-bond donors (Lipinski definition) is 3. The first-order chi connectivity index (χ1) is 20.8. The number of piperidine rings is 2. The molecule has 2 fully saturated rings. The lowest BCUT2D eigenvalue weighted by Crippen LogP contribution is -2.46. The molecule has 2 aliphatic rings. The predicted octanol–water partition coefficient (Wildman–Crippen LogP) is 4.76. The van der Waals surface area contributed by atoms with Gasteiger partial charge in [-0.05, 0) is 67.6 Å². The molecule has 3 N–H and O–H groups in total. The van der Waals surface area contributed by atoms with Crippen LogP contribution in [0.4, 0.5) is 11.5 Å². The van der Waals surface area contributed by atoms with E-state index in [2.05, 4.69) is 20.5 Å². The summed E-state index contributed by atoms with van der Waals surface area (Å²) in [6.07, 6.45) is 5.46. The first-order valence-corrected chi connectivity index (χ1v) is 14.9. The molecule has 2 aliphatic heterocycles. The van der Waals surface area contributed by atoms with Crippen molar-refractivity contribution in [3.05, 3.63) is 82.5 Å². The number of methoxy groups -OCH3 is 1. The maximum absolute atomic E-state index is 13.4. The molecule has 0 bridgehead atoms. The number of aromatic hydroxyl groups is 1. The third-order valence-electron chi connectivity index (χ3n) is 8.15. The summed E-state index contributed by atoms with van der Waals surface area (Å²) in [7, 11) is 1.76. The number of carbonyl (C=O) groups is 3. The van der Waals surface area contributed by atoms with Crippen molar-refractivity contribution >= 4 is 40.8 Å². The van der Waals surface area contributed by atoms with Crippen LogP contribution in [-0.2, 0) is 9.53 Å². The number of ether oxygens (including phenoxy) is 1. The molecule has 1 unspecified atom stereocenters. The van der Waals surface area contributed by atoms with Crippen molar-refractivity contribution in [2.45, 2.75) is 37.7 Å². The summed E-state index contributed by atoms with van der Waals surface area (Å²) < 4.78 is 5.46. The molecule has 5 rings (SSSR count). The Morgan fingerprint density at radius 3 is 2.44 bits per heavy atom. The number of nitrogens with zero attached hydrogens (tertiary/aromatic N) is 3. The SMILES string of the molecule is COC1CCN(CCN2CCCC(c3ccc(C(=O)Nc4c(O)cccc4C(=O)Nc4ccc(Cl)cn4)cc3)C2=O)CC1. The lowest BCUT2D eigenvalue weighted by atomic mass is 9.89. The highest BCUT2D eigenvalue weighted by molar-refractivity contribution is 6.30. The number of aromatic nitrogens is 1. The number of carbonyl (C=O) groups excluding carboxylic acids is 3. The highest BCUT2D eigenvalue weighted by Crippen LogP contribution is 2.31. The van der Waals surface area contributed by atoms with Gasteiger partial charge in [0, 0.05) is 51.6 Å². The van der Waals surface area contributed by atoms with Crippen molar-refractivity contribution < 1.29 is 24.2 Å². The highest BCUT2D eigenvalue weighted by atomic mass is 35.5. The minimum Gasteiger partial charge on any atom is -0.506 e. The molecule has 3 amide bonds. The number of hydrogen-bond acceptors (Lipinski definition) is 7. The molecule has 226 valence electrons. The van der Waals surface area contributed by atoms with E-state index in [4.69, 9.17) is 16.3 Å². The fourth-order valence-corrected chi connectivity index (χ4v) is 5.76. The Morgan fingerprint density at radius 1 is 0.977 bits per heavy atom. The zero-order valence-corrected chi connectivity index (χ0v) is 24.8. The summed E-state index contributed by atoms with van der Waals surface area (Å²) in [5.41, 5.74) is 1.24. The van der Waals surface area contributed by atoms with Gasteiger partial charge in [-0.3, -0.25) is 14.4 Å². The van der Waals surface area contributed by atoms with Crippen LogP contribution in [0.2, 0.25) is 5.02 Å². The minimum atomic E-state index is -0.559. The molecule has 3 aromatic rings. The quantitative estimate of drug-likeness (QED) is 0.300. The number of rotatable bonds is 9. The average Bonchev–Trinajstić information content (AvgIpc) is 3.03. The van der Waals surface area contributed by atoms with Crippen molar-refractivity contribution in [2.75, 3.05) is 50.5 Å². The Labute approximate surface area is 256 Å². The molecule has 3 heterocycles. The highest BCUT2D eigenvalue weighted by Gasteiger charge is 2.30. The fourth-order valence-electron chi connectivity index (χ4n) is 5.65. The van der Waals surface area contributed by atoms with Gasteiger partial charge >= 0.3 is 0 Å². The zero-order valence-electron chi connectivity index (χ0n) is 24.1. The van der Waals surface area contributed by atoms with E-state index >= 15 is 0 Å². The van der Waals surface area contributed by atoms with E-state index in [0.29, 0.717) is 23.2 Å². The summed E-state index contributed by atoms with van der Waals surface area (Å²) in [4.78, 5) is 47.9. The Morgan fingerprint density at radius 2 is 1.74 bits per heavy atom. The van der Waals surface area contributed by atoms with Gasteiger partial charge in [-0.25, -0.2) is 4.98 Å². The first kappa shape index (κ1) is 30.5. The van der Waals surface area contributed by atoms with Crippen LogP contribution in [0.5, 0.6) is 5.75 Å². The smallest absolute Gasteiger partial charge is 0.259 e. The van der Waals surface area contributed by atoms with Crippen LogP contribution in [-0.4, -0.2) is 83.5 Å². The predicted molar refractivity (Wildman–Crippen MR) is 165 cm³/mol. The third kappa shape index (κ3) is 7.51. The number of likely N-dealkylation sites (tertiary alicyclic amines) is 2. The van der Waals surface area contributed by atoms with Crippen molar-refractivity contribution in [3.63, 3.8) is 0 Å². The van der Waals surface area contributed by atoms with Crippen molar-refractivity contribution in [2.24, 2.45) is 0 Å². The van der Waals surface area contributed by atoms with Crippen molar-refractivity contribution in [1.29, 1.82) is 0 Å². The van der Waals surface area contributed by atoms with Gasteiger partial charge in [0.15, 0.2) is 0 Å². The molecule has 0 radical (unpaired) electrons. The van der Waals surface area contributed by atoms with E-state index in [1.165, 1.54) is 24.4 Å². The van der Waals surface area contributed by atoms with Crippen LogP contribution >= 0.6 is 11.6 Å². The largest absolute Gasteiger partial charge is 0.506 e. The van der Waals surface area contributed by atoms with Gasteiger partial charge in [0.25, 0.3) is 11.8 Å². The second-order valence-electron chi connectivity index (χ2n) is 10.9. The summed E-state index contributed by atoms with van der Waals surface area (Å²) in [5, 5.41) is 16.2. The number of para-hydroxylation sites is 1. The van der Waals surface area contributed by atoms with Crippen molar-refractivity contribution in [1.82, 2.24) is 14.8 Å². The molecule has 0 saturated carbocycles. The Bertz CT molecular complexity index is 1440. The minimum absolute atomic E-state index is 0.0208. The molecule has 2 aromatic carbocycles. The molecule has 2 saturated heterocycles. The molecule has 0 aliphatic carbocycles. The van der Waals surface area contributed by atoms with Gasteiger partial charge in [-0.1, -0.05) is 29.8 Å². The van der Waals surface area contributed by atoms with E-state index < -0.39 is 11.8 Å². The van der Waals surface area contributed by atoms with E-state index in [9.17, 15) is 19.5 Å². The van der Waals surface area contributed by atoms with E-state index in [0.717, 1.165) is 57.4 Å². The van der Waals surface area contributed by atoms with Crippen LogP contribution in [0, 0.1) is 0 Å². The third-order valence-corrected chi connectivity index (χ3v) is 8.38. The van der Waals surface area contributed by atoms with Gasteiger partial charge < -0.3 is 30.3 Å². The number of anilines is 2. The number of phenolic OH excluding ortho intramolecular Hbond substituents is 1. The lowest BCUT2D eigenvalue weighted by Gasteiger charge is -2.36. The number of phenols is 1. The Kier molecular flexibility index (Phi) is 9.91. The molecule has 11 heteroatoms. The maximum Gasteiger partial charge on any atom is 0.259 e. The van der Waals surface area contributed by atoms with E-state index in [-0.39, 0.29) is 34.6 Å². The second kappa shape index (κ2) is 14.0. The second-order valence-corrected chi connectivity index (χ2v) is 11.3. The number of halogens is 1.